The van der Waals surface area contributed by atoms with Crippen molar-refractivity contribution in [2.24, 2.45) is 0 Å². The molecule has 2 rings (SSSR count). The molecule has 0 aromatic heterocycles. The van der Waals surface area contributed by atoms with Gasteiger partial charge < -0.3 is 0 Å². The number of unbranched alkanes of at least 4 members (excludes halogenated alkanes) is 30. The quantitative estimate of drug-likeness (QED) is 0.0664. The first-order valence-electron chi connectivity index (χ1n) is 21.8. The summed E-state index contributed by atoms with van der Waals surface area (Å²) in [7, 11) is 0. The van der Waals surface area contributed by atoms with Gasteiger partial charge in [-0.3, -0.25) is 0 Å². The fourth-order valence-corrected chi connectivity index (χ4v) is 7.93. The molecule has 47 heavy (non-hydrogen) atoms. The number of hydrogen-bond acceptors (Lipinski definition) is 0. The van der Waals surface area contributed by atoms with Crippen molar-refractivity contribution in [2.45, 2.75) is 239 Å². The van der Waals surface area contributed by atoms with Gasteiger partial charge in [0.25, 0.3) is 0 Å². The fraction of sp³-hybridized carbons (Fsp3) is 0.787. The maximum atomic E-state index is 2.55. The first kappa shape index (κ1) is 41.9. The molecule has 0 heterocycles. The lowest BCUT2D eigenvalue weighted by molar-refractivity contribution is 0.528. The van der Waals surface area contributed by atoms with Crippen LogP contribution < -0.4 is 0 Å². The summed E-state index contributed by atoms with van der Waals surface area (Å²) < 4.78 is 0. The lowest BCUT2D eigenvalue weighted by Gasteiger charge is -2.16. The van der Waals surface area contributed by atoms with Crippen LogP contribution in [0.5, 0.6) is 0 Å². The molecule has 0 aliphatic carbocycles. The summed E-state index contributed by atoms with van der Waals surface area (Å²) in [5.74, 6) is 0. The van der Waals surface area contributed by atoms with Crippen LogP contribution in [0, 0.1) is 6.92 Å². The molecular weight excluding hydrogens is 565 g/mol. The van der Waals surface area contributed by atoms with E-state index >= 15 is 0 Å². The standard InChI is InChI=1S/C47H82/c1-4-6-8-10-12-14-16-18-20-22-24-26-28-30-32-34-38-44-42-45-39-36-37-41-47(45)43(3)46(44)40-35-33-31-29-27-25-23-21-19-17-15-13-11-9-7-5-2/h36-37,39,41-42H,4-35,38,40H2,1-3H3. The Kier molecular flexibility index (Phi) is 27.4. The van der Waals surface area contributed by atoms with E-state index < -0.39 is 0 Å². The van der Waals surface area contributed by atoms with Gasteiger partial charge in [0.2, 0.25) is 0 Å². The van der Waals surface area contributed by atoms with Gasteiger partial charge in [0.05, 0.1) is 0 Å². The van der Waals surface area contributed by atoms with Crippen LogP contribution in [0.4, 0.5) is 0 Å². The highest BCUT2D eigenvalue weighted by molar-refractivity contribution is 5.87. The molecule has 0 radical (unpaired) electrons. The lowest BCUT2D eigenvalue weighted by atomic mass is 9.89. The molecule has 2 aromatic rings. The second-order valence-electron chi connectivity index (χ2n) is 15.5. The predicted molar refractivity (Wildman–Crippen MR) is 215 cm³/mol. The van der Waals surface area contributed by atoms with Gasteiger partial charge in [0.15, 0.2) is 0 Å². The van der Waals surface area contributed by atoms with Crippen LogP contribution in [0.2, 0.25) is 0 Å². The van der Waals surface area contributed by atoms with Crippen LogP contribution in [0.1, 0.15) is 236 Å². The van der Waals surface area contributed by atoms with Gasteiger partial charge in [-0.25, -0.2) is 0 Å². The highest BCUT2D eigenvalue weighted by Crippen LogP contribution is 2.29. The normalized spacial score (nSPS) is 11.6. The van der Waals surface area contributed by atoms with Crippen molar-refractivity contribution in [3.63, 3.8) is 0 Å². The average molecular weight is 647 g/mol. The number of fused-ring (bicyclic) bond motifs is 1. The molecule has 0 saturated heterocycles. The van der Waals surface area contributed by atoms with E-state index in [1.165, 1.54) is 229 Å². The maximum Gasteiger partial charge on any atom is -0.0152 e. The second kappa shape index (κ2) is 30.7. The zero-order valence-corrected chi connectivity index (χ0v) is 32.4. The van der Waals surface area contributed by atoms with Gasteiger partial charge in [-0.1, -0.05) is 237 Å². The molecular formula is C47H82. The molecule has 2 aromatic carbocycles. The van der Waals surface area contributed by atoms with Crippen LogP contribution in [-0.2, 0) is 12.8 Å². The Morgan fingerprint density at radius 3 is 1.06 bits per heavy atom. The molecule has 0 bridgehead atoms. The number of aryl methyl sites for hydroxylation is 2. The molecule has 0 spiro atoms. The molecule has 0 atom stereocenters. The van der Waals surface area contributed by atoms with Gasteiger partial charge in [-0.2, -0.15) is 0 Å². The van der Waals surface area contributed by atoms with Crippen LogP contribution in [0.15, 0.2) is 30.3 Å². The highest BCUT2D eigenvalue weighted by atomic mass is 14.2. The third kappa shape index (κ3) is 21.4. The topological polar surface area (TPSA) is 0 Å². The molecule has 0 heteroatoms. The Balaban J connectivity index is 1.54. The summed E-state index contributed by atoms with van der Waals surface area (Å²) >= 11 is 0. The van der Waals surface area contributed by atoms with Crippen LogP contribution >= 0.6 is 0 Å². The second-order valence-corrected chi connectivity index (χ2v) is 15.5. The summed E-state index contributed by atoms with van der Waals surface area (Å²) in [4.78, 5) is 0. The Labute approximate surface area is 296 Å². The van der Waals surface area contributed by atoms with Gasteiger partial charge in [0, 0.05) is 0 Å². The van der Waals surface area contributed by atoms with Crippen molar-refractivity contribution in [3.05, 3.63) is 47.0 Å². The van der Waals surface area contributed by atoms with Crippen LogP contribution in [0.25, 0.3) is 10.8 Å². The van der Waals surface area contributed by atoms with Gasteiger partial charge in [-0.15, -0.1) is 0 Å². The fourth-order valence-electron chi connectivity index (χ4n) is 7.93. The first-order chi connectivity index (χ1) is 23.3. The summed E-state index contributed by atoms with van der Waals surface area (Å²) in [6.07, 6.45) is 48.8. The molecule has 0 unspecified atom stereocenters. The highest BCUT2D eigenvalue weighted by Gasteiger charge is 2.10. The van der Waals surface area contributed by atoms with Crippen molar-refractivity contribution in [1.29, 1.82) is 0 Å². The average Bonchev–Trinajstić information content (AvgIpc) is 3.09. The minimum absolute atomic E-state index is 1.28. The molecule has 0 fully saturated rings. The van der Waals surface area contributed by atoms with E-state index in [2.05, 4.69) is 51.1 Å². The first-order valence-corrected chi connectivity index (χ1v) is 21.8. The summed E-state index contributed by atoms with van der Waals surface area (Å²) in [6.45, 7) is 7.03. The summed E-state index contributed by atoms with van der Waals surface area (Å²) in [5, 5.41) is 2.93. The van der Waals surface area contributed by atoms with E-state index in [1.54, 1.807) is 16.7 Å². The lowest BCUT2D eigenvalue weighted by Crippen LogP contribution is -2.00. The monoisotopic (exact) mass is 647 g/mol. The van der Waals surface area contributed by atoms with E-state index in [1.807, 2.05) is 0 Å². The van der Waals surface area contributed by atoms with E-state index in [4.69, 9.17) is 0 Å². The number of hydrogen-bond donors (Lipinski definition) is 0. The van der Waals surface area contributed by atoms with Crippen LogP contribution in [0.3, 0.4) is 0 Å². The maximum absolute atomic E-state index is 2.55. The van der Waals surface area contributed by atoms with Crippen molar-refractivity contribution in [1.82, 2.24) is 0 Å². The number of rotatable bonds is 34. The Morgan fingerprint density at radius 1 is 0.362 bits per heavy atom. The molecule has 0 N–H and O–H groups in total. The Hall–Kier alpha value is -1.30. The molecule has 0 aliphatic rings. The largest absolute Gasteiger partial charge is 0.0654 e. The molecule has 0 amide bonds. The number of benzene rings is 2. The molecule has 0 nitrogen and oxygen atoms in total. The minimum Gasteiger partial charge on any atom is -0.0654 e. The van der Waals surface area contributed by atoms with E-state index in [-0.39, 0.29) is 0 Å². The van der Waals surface area contributed by atoms with Crippen LogP contribution in [-0.4, -0.2) is 0 Å². The van der Waals surface area contributed by atoms with Crippen molar-refractivity contribution in [3.8, 4) is 0 Å². The minimum atomic E-state index is 1.28. The molecule has 0 saturated carbocycles. The predicted octanol–water partition coefficient (Wildman–Crippen LogP) is 16.8. The molecule has 0 aliphatic heterocycles. The SMILES string of the molecule is CCCCCCCCCCCCCCCCCCc1cc2ccccc2c(C)c1CCCCCCCCCCCCCCCCCC. The van der Waals surface area contributed by atoms with Crippen molar-refractivity contribution >= 4 is 10.8 Å². The molecule has 270 valence electrons. The van der Waals surface area contributed by atoms with Gasteiger partial charge in [-0.05, 0) is 60.1 Å². The Morgan fingerprint density at radius 2 is 0.681 bits per heavy atom. The zero-order chi connectivity index (χ0) is 33.5. The van der Waals surface area contributed by atoms with Crippen molar-refractivity contribution < 1.29 is 0 Å². The third-order valence-electron chi connectivity index (χ3n) is 11.1. The van der Waals surface area contributed by atoms with E-state index in [0.717, 1.165) is 0 Å². The van der Waals surface area contributed by atoms with E-state index in [9.17, 15) is 0 Å². The zero-order valence-electron chi connectivity index (χ0n) is 32.4. The van der Waals surface area contributed by atoms with Crippen molar-refractivity contribution in [2.75, 3.05) is 0 Å². The van der Waals surface area contributed by atoms with Gasteiger partial charge in [0.1, 0.15) is 0 Å². The third-order valence-corrected chi connectivity index (χ3v) is 11.1. The van der Waals surface area contributed by atoms with E-state index in [0.29, 0.717) is 0 Å². The smallest absolute Gasteiger partial charge is 0.0152 e. The van der Waals surface area contributed by atoms with Gasteiger partial charge >= 0.3 is 0 Å². The summed E-state index contributed by atoms with van der Waals surface area (Å²) in [5.41, 5.74) is 4.91. The Bertz CT molecular complexity index is 954. The summed E-state index contributed by atoms with van der Waals surface area (Å²) in [6, 6.07) is 11.7.